The van der Waals surface area contributed by atoms with Crippen molar-refractivity contribution in [3.63, 3.8) is 0 Å². The number of hydrogen-bond acceptors (Lipinski definition) is 4. The van der Waals surface area contributed by atoms with Gasteiger partial charge in [0.1, 0.15) is 11.4 Å². The van der Waals surface area contributed by atoms with Crippen molar-refractivity contribution >= 4 is 6.29 Å². The summed E-state index contributed by atoms with van der Waals surface area (Å²) in [6, 6.07) is 1.64. The number of carbonyl (C=O) groups excluding carboxylic acids is 1. The molecule has 0 atom stereocenters. The molecule has 0 unspecified atom stereocenters. The maximum Gasteiger partial charge on any atom is 0.167 e. The quantitative estimate of drug-likeness (QED) is 0.713. The Kier molecular flexibility index (Phi) is 2.06. The van der Waals surface area contributed by atoms with Gasteiger partial charge in [0.15, 0.2) is 6.29 Å². The molecule has 5 heteroatoms. The molecule has 2 aromatic rings. The zero-order valence-electron chi connectivity index (χ0n) is 7.56. The summed E-state index contributed by atoms with van der Waals surface area (Å²) < 4.78 is 0. The third-order valence-electron chi connectivity index (χ3n) is 1.85. The van der Waals surface area contributed by atoms with Crippen molar-refractivity contribution in [1.29, 1.82) is 0 Å². The van der Waals surface area contributed by atoms with E-state index in [9.17, 15) is 4.79 Å². The van der Waals surface area contributed by atoms with Gasteiger partial charge in [-0.25, -0.2) is 0 Å². The number of nitrogens with one attached hydrogen (secondary N) is 1. The molecule has 0 saturated heterocycles. The highest BCUT2D eigenvalue weighted by Crippen LogP contribution is 2.16. The van der Waals surface area contributed by atoms with Gasteiger partial charge in [-0.05, 0) is 13.0 Å². The molecule has 14 heavy (non-hydrogen) atoms. The van der Waals surface area contributed by atoms with Crippen LogP contribution in [0.15, 0.2) is 18.5 Å². The van der Waals surface area contributed by atoms with E-state index >= 15 is 0 Å². The van der Waals surface area contributed by atoms with Gasteiger partial charge in [-0.2, -0.15) is 5.10 Å². The first-order chi connectivity index (χ1) is 6.81. The predicted octanol–water partition coefficient (Wildman–Crippen LogP) is 0.988. The van der Waals surface area contributed by atoms with Crippen LogP contribution in [-0.4, -0.2) is 26.5 Å². The number of hydrogen-bond donors (Lipinski definition) is 1. The van der Waals surface area contributed by atoms with Crippen molar-refractivity contribution < 1.29 is 4.79 Å². The molecule has 0 amide bonds. The molecule has 0 aliphatic carbocycles. The van der Waals surface area contributed by atoms with Crippen LogP contribution in [0.5, 0.6) is 0 Å². The Labute approximate surface area is 80.2 Å². The Bertz CT molecular complexity index is 463. The Morgan fingerprint density at radius 3 is 2.79 bits per heavy atom. The van der Waals surface area contributed by atoms with Crippen molar-refractivity contribution in [3.05, 3.63) is 29.8 Å². The van der Waals surface area contributed by atoms with Crippen LogP contribution in [0.25, 0.3) is 11.4 Å². The maximum absolute atomic E-state index is 10.4. The highest BCUT2D eigenvalue weighted by molar-refractivity contribution is 5.74. The van der Waals surface area contributed by atoms with Crippen LogP contribution < -0.4 is 0 Å². The molecule has 5 nitrogen and oxygen atoms in total. The van der Waals surface area contributed by atoms with E-state index < -0.39 is 0 Å². The van der Waals surface area contributed by atoms with Gasteiger partial charge in [-0.3, -0.25) is 19.9 Å². The minimum absolute atomic E-state index is 0.435. The van der Waals surface area contributed by atoms with Crippen LogP contribution in [0.4, 0.5) is 0 Å². The molecule has 0 aromatic carbocycles. The van der Waals surface area contributed by atoms with Crippen molar-refractivity contribution in [3.8, 4) is 11.4 Å². The van der Waals surface area contributed by atoms with Crippen LogP contribution in [0.2, 0.25) is 0 Å². The minimum atomic E-state index is 0.435. The van der Waals surface area contributed by atoms with E-state index in [-0.39, 0.29) is 0 Å². The first-order valence-corrected chi connectivity index (χ1v) is 4.10. The lowest BCUT2D eigenvalue weighted by Gasteiger charge is -1.97. The number of aryl methyl sites for hydroxylation is 1. The molecular formula is C9H8N4O. The molecule has 0 aliphatic rings. The van der Waals surface area contributed by atoms with Crippen molar-refractivity contribution in [1.82, 2.24) is 20.2 Å². The van der Waals surface area contributed by atoms with Gasteiger partial charge in [0, 0.05) is 12.4 Å². The minimum Gasteiger partial charge on any atom is -0.296 e. The van der Waals surface area contributed by atoms with E-state index in [0.29, 0.717) is 23.4 Å². The Balaban J connectivity index is 2.49. The molecule has 0 spiro atoms. The summed E-state index contributed by atoms with van der Waals surface area (Å²) >= 11 is 0. The second-order valence-corrected chi connectivity index (χ2v) is 2.82. The number of carbonyl (C=O) groups is 1. The summed E-state index contributed by atoms with van der Waals surface area (Å²) in [5, 5.41) is 6.55. The van der Waals surface area contributed by atoms with Crippen LogP contribution in [0, 0.1) is 6.92 Å². The predicted molar refractivity (Wildman–Crippen MR) is 49.7 cm³/mol. The summed E-state index contributed by atoms with van der Waals surface area (Å²) in [5.41, 5.74) is 2.55. The van der Waals surface area contributed by atoms with Gasteiger partial charge in [0.2, 0.25) is 0 Å². The largest absolute Gasteiger partial charge is 0.296 e. The molecular weight excluding hydrogens is 180 g/mol. The molecule has 0 aliphatic heterocycles. The van der Waals surface area contributed by atoms with Crippen LogP contribution >= 0.6 is 0 Å². The molecule has 0 bridgehead atoms. The summed E-state index contributed by atoms with van der Waals surface area (Å²) in [6.07, 6.45) is 3.92. The lowest BCUT2D eigenvalue weighted by Crippen LogP contribution is -1.90. The van der Waals surface area contributed by atoms with Gasteiger partial charge in [-0.15, -0.1) is 0 Å². The Hall–Kier alpha value is -2.04. The highest BCUT2D eigenvalue weighted by Gasteiger charge is 2.07. The van der Waals surface area contributed by atoms with E-state index in [4.69, 9.17) is 0 Å². The van der Waals surface area contributed by atoms with Gasteiger partial charge < -0.3 is 0 Å². The standard InChI is InChI=1S/C9H8N4O/c1-6-9(11-3-2-10-6)8-4-7(5-14)12-13-8/h2-5H,1H3,(H,12,13). The molecule has 1 N–H and O–H groups in total. The maximum atomic E-state index is 10.4. The smallest absolute Gasteiger partial charge is 0.167 e. The molecule has 2 aromatic heterocycles. The third-order valence-corrected chi connectivity index (χ3v) is 1.85. The zero-order valence-corrected chi connectivity index (χ0v) is 7.56. The second-order valence-electron chi connectivity index (χ2n) is 2.82. The highest BCUT2D eigenvalue weighted by atomic mass is 16.1. The van der Waals surface area contributed by atoms with E-state index in [0.717, 1.165) is 5.69 Å². The summed E-state index contributed by atoms with van der Waals surface area (Å²) in [5.74, 6) is 0. The molecule has 0 saturated carbocycles. The fourth-order valence-corrected chi connectivity index (χ4v) is 1.18. The second kappa shape index (κ2) is 3.37. The monoisotopic (exact) mass is 188 g/mol. The van der Waals surface area contributed by atoms with Crippen molar-refractivity contribution in [2.75, 3.05) is 0 Å². The van der Waals surface area contributed by atoms with Crippen molar-refractivity contribution in [2.45, 2.75) is 6.92 Å². The molecule has 0 radical (unpaired) electrons. The van der Waals surface area contributed by atoms with Gasteiger partial charge in [-0.1, -0.05) is 0 Å². The lowest BCUT2D eigenvalue weighted by molar-refractivity contribution is 0.111. The van der Waals surface area contributed by atoms with Gasteiger partial charge >= 0.3 is 0 Å². The summed E-state index contributed by atoms with van der Waals surface area (Å²) in [4.78, 5) is 18.6. The summed E-state index contributed by atoms with van der Waals surface area (Å²) in [7, 11) is 0. The van der Waals surface area contributed by atoms with E-state index in [1.54, 1.807) is 18.5 Å². The number of nitrogens with zero attached hydrogens (tertiary/aromatic N) is 3. The Morgan fingerprint density at radius 2 is 2.14 bits per heavy atom. The molecule has 2 heterocycles. The number of aromatic amines is 1. The number of rotatable bonds is 2. The first kappa shape index (κ1) is 8.55. The normalized spacial score (nSPS) is 10.1. The van der Waals surface area contributed by atoms with Crippen LogP contribution in [0.1, 0.15) is 16.2 Å². The van der Waals surface area contributed by atoms with Crippen LogP contribution in [0.3, 0.4) is 0 Å². The fourth-order valence-electron chi connectivity index (χ4n) is 1.18. The molecule has 70 valence electrons. The number of H-pyrrole nitrogens is 1. The van der Waals surface area contributed by atoms with Crippen LogP contribution in [-0.2, 0) is 0 Å². The number of aromatic nitrogens is 4. The zero-order chi connectivity index (χ0) is 9.97. The average Bonchev–Trinajstić information content (AvgIpc) is 2.67. The van der Waals surface area contributed by atoms with Gasteiger partial charge in [0.25, 0.3) is 0 Å². The SMILES string of the molecule is Cc1nccnc1-c1cc(C=O)[nH]n1. The molecule has 2 rings (SSSR count). The summed E-state index contributed by atoms with van der Waals surface area (Å²) in [6.45, 7) is 1.84. The fraction of sp³-hybridized carbons (Fsp3) is 0.111. The Morgan fingerprint density at radius 1 is 1.36 bits per heavy atom. The number of aldehydes is 1. The molecule has 0 fully saturated rings. The lowest BCUT2D eigenvalue weighted by atomic mass is 10.2. The van der Waals surface area contributed by atoms with E-state index in [1.807, 2.05) is 6.92 Å². The van der Waals surface area contributed by atoms with Gasteiger partial charge in [0.05, 0.1) is 11.4 Å². The topological polar surface area (TPSA) is 71.5 Å². The van der Waals surface area contributed by atoms with Crippen molar-refractivity contribution in [2.24, 2.45) is 0 Å². The third kappa shape index (κ3) is 1.39. The van der Waals surface area contributed by atoms with E-state index in [1.165, 1.54) is 0 Å². The van der Waals surface area contributed by atoms with E-state index in [2.05, 4.69) is 20.2 Å². The average molecular weight is 188 g/mol. The first-order valence-electron chi connectivity index (χ1n) is 4.10.